The Labute approximate surface area is 122 Å². The lowest BCUT2D eigenvalue weighted by Gasteiger charge is -2.11. The number of nitrogens with two attached hydrogens (primary N) is 2. The molecule has 1 atom stereocenters. The van der Waals surface area contributed by atoms with Crippen molar-refractivity contribution in [1.82, 2.24) is 15.0 Å². The maximum absolute atomic E-state index is 11.1. The van der Waals surface area contributed by atoms with Gasteiger partial charge in [-0.1, -0.05) is 0 Å². The first-order chi connectivity index (χ1) is 9.43. The van der Waals surface area contributed by atoms with Gasteiger partial charge in [0.2, 0.25) is 11.9 Å². The predicted molar refractivity (Wildman–Crippen MR) is 79.3 cm³/mol. The standard InChI is InChI=1S/C11H20N6O2S/c1-17(2)11-15-8(14-10(13)16-11)6-20-5-4-7(12)9(18)19-3/h7H,4-6,12H2,1-3H3,(H2,13,14,15,16). The third kappa shape index (κ3) is 5.17. The van der Waals surface area contributed by atoms with Gasteiger partial charge < -0.3 is 21.1 Å². The smallest absolute Gasteiger partial charge is 0.322 e. The molecule has 8 nitrogen and oxygen atoms in total. The number of nitrogens with zero attached hydrogens (tertiary/aromatic N) is 4. The quantitative estimate of drug-likeness (QED) is 0.513. The SMILES string of the molecule is COC(=O)C(N)CCSCc1nc(N)nc(N(C)C)n1. The summed E-state index contributed by atoms with van der Waals surface area (Å²) in [6, 6.07) is -0.590. The van der Waals surface area contributed by atoms with Gasteiger partial charge >= 0.3 is 5.97 Å². The average Bonchev–Trinajstić information content (AvgIpc) is 2.41. The van der Waals surface area contributed by atoms with Crippen molar-refractivity contribution in [2.75, 3.05) is 37.6 Å². The highest BCUT2D eigenvalue weighted by Crippen LogP contribution is 2.13. The monoisotopic (exact) mass is 300 g/mol. The van der Waals surface area contributed by atoms with Crippen LogP contribution in [-0.4, -0.2) is 53.9 Å². The van der Waals surface area contributed by atoms with E-state index < -0.39 is 12.0 Å². The van der Waals surface area contributed by atoms with Crippen LogP contribution < -0.4 is 16.4 Å². The molecule has 1 aromatic rings. The maximum atomic E-state index is 11.1. The molecule has 1 unspecified atom stereocenters. The van der Waals surface area contributed by atoms with Crippen molar-refractivity contribution < 1.29 is 9.53 Å². The van der Waals surface area contributed by atoms with Gasteiger partial charge in [0.1, 0.15) is 11.9 Å². The molecular weight excluding hydrogens is 280 g/mol. The molecular formula is C11H20N6O2S. The van der Waals surface area contributed by atoms with Crippen molar-refractivity contribution in [2.45, 2.75) is 18.2 Å². The van der Waals surface area contributed by atoms with Crippen LogP contribution in [-0.2, 0) is 15.3 Å². The molecule has 20 heavy (non-hydrogen) atoms. The number of carbonyl (C=O) groups excluding carboxylic acids is 1. The van der Waals surface area contributed by atoms with E-state index in [1.807, 2.05) is 14.1 Å². The van der Waals surface area contributed by atoms with Crippen LogP contribution in [0.3, 0.4) is 0 Å². The molecule has 1 heterocycles. The van der Waals surface area contributed by atoms with Gasteiger partial charge in [-0.15, -0.1) is 0 Å². The Bertz CT molecular complexity index is 457. The van der Waals surface area contributed by atoms with Crippen LogP contribution in [0.4, 0.5) is 11.9 Å². The lowest BCUT2D eigenvalue weighted by molar-refractivity contribution is -0.142. The molecule has 0 fully saturated rings. The number of hydrogen-bond donors (Lipinski definition) is 2. The molecule has 0 aromatic carbocycles. The van der Waals surface area contributed by atoms with Crippen LogP contribution in [0.5, 0.6) is 0 Å². The molecule has 0 aliphatic rings. The van der Waals surface area contributed by atoms with E-state index in [9.17, 15) is 4.79 Å². The summed E-state index contributed by atoms with van der Waals surface area (Å²) in [6.45, 7) is 0. The average molecular weight is 300 g/mol. The van der Waals surface area contributed by atoms with Crippen LogP contribution in [0.25, 0.3) is 0 Å². The Kier molecular flexibility index (Phi) is 6.46. The Balaban J connectivity index is 2.44. The molecule has 0 saturated carbocycles. The van der Waals surface area contributed by atoms with E-state index in [0.717, 1.165) is 0 Å². The second-order valence-corrected chi connectivity index (χ2v) is 5.38. The van der Waals surface area contributed by atoms with E-state index in [1.54, 1.807) is 16.7 Å². The largest absolute Gasteiger partial charge is 0.468 e. The van der Waals surface area contributed by atoms with Gasteiger partial charge in [-0.05, 0) is 12.2 Å². The summed E-state index contributed by atoms with van der Waals surface area (Å²) < 4.78 is 4.56. The van der Waals surface area contributed by atoms with E-state index in [4.69, 9.17) is 11.5 Å². The van der Waals surface area contributed by atoms with Crippen LogP contribution in [0.15, 0.2) is 0 Å². The topological polar surface area (TPSA) is 120 Å². The summed E-state index contributed by atoms with van der Waals surface area (Å²) in [7, 11) is 4.99. The van der Waals surface area contributed by atoms with Crippen LogP contribution in [0.1, 0.15) is 12.2 Å². The zero-order chi connectivity index (χ0) is 15.1. The lowest BCUT2D eigenvalue weighted by atomic mass is 10.2. The number of rotatable bonds is 7. The molecule has 1 aromatic heterocycles. The number of esters is 1. The number of anilines is 2. The van der Waals surface area contributed by atoms with Gasteiger partial charge in [0.25, 0.3) is 0 Å². The van der Waals surface area contributed by atoms with Gasteiger partial charge in [0, 0.05) is 14.1 Å². The van der Waals surface area contributed by atoms with Crippen molar-refractivity contribution in [2.24, 2.45) is 5.73 Å². The summed E-state index contributed by atoms with van der Waals surface area (Å²) in [5, 5.41) is 0. The Hall–Kier alpha value is -1.61. The molecule has 9 heteroatoms. The number of ether oxygens (including phenoxy) is 1. The zero-order valence-corrected chi connectivity index (χ0v) is 12.7. The molecule has 0 aliphatic carbocycles. The van der Waals surface area contributed by atoms with Gasteiger partial charge in [0.15, 0.2) is 0 Å². The van der Waals surface area contributed by atoms with Gasteiger partial charge in [0.05, 0.1) is 12.9 Å². The van der Waals surface area contributed by atoms with Gasteiger partial charge in [-0.3, -0.25) is 4.79 Å². The molecule has 0 spiro atoms. The van der Waals surface area contributed by atoms with E-state index in [-0.39, 0.29) is 5.95 Å². The summed E-state index contributed by atoms with van der Waals surface area (Å²) in [6.07, 6.45) is 0.540. The number of carbonyl (C=O) groups is 1. The highest BCUT2D eigenvalue weighted by atomic mass is 32.2. The van der Waals surface area contributed by atoms with E-state index in [0.29, 0.717) is 29.7 Å². The Morgan fingerprint density at radius 3 is 2.70 bits per heavy atom. The molecule has 0 radical (unpaired) electrons. The van der Waals surface area contributed by atoms with Crippen LogP contribution in [0, 0.1) is 0 Å². The van der Waals surface area contributed by atoms with Crippen molar-refractivity contribution in [3.05, 3.63) is 5.82 Å². The number of aromatic nitrogens is 3. The molecule has 0 aliphatic heterocycles. The molecule has 0 bridgehead atoms. The molecule has 4 N–H and O–H groups in total. The lowest BCUT2D eigenvalue weighted by Crippen LogP contribution is -2.32. The van der Waals surface area contributed by atoms with Crippen LogP contribution >= 0.6 is 11.8 Å². The highest BCUT2D eigenvalue weighted by molar-refractivity contribution is 7.98. The molecule has 0 saturated heterocycles. The first kappa shape index (κ1) is 16.4. The van der Waals surface area contributed by atoms with Gasteiger partial charge in [-0.25, -0.2) is 0 Å². The number of nitrogen functional groups attached to an aromatic ring is 1. The maximum Gasteiger partial charge on any atom is 0.322 e. The minimum absolute atomic E-state index is 0.200. The van der Waals surface area contributed by atoms with Crippen molar-refractivity contribution >= 4 is 29.6 Å². The zero-order valence-electron chi connectivity index (χ0n) is 11.9. The second kappa shape index (κ2) is 7.85. The van der Waals surface area contributed by atoms with E-state index in [1.165, 1.54) is 7.11 Å². The summed E-state index contributed by atoms with van der Waals surface area (Å²) in [5.41, 5.74) is 11.3. The minimum Gasteiger partial charge on any atom is -0.468 e. The summed E-state index contributed by atoms with van der Waals surface area (Å²) in [5.74, 6) is 2.23. The second-order valence-electron chi connectivity index (χ2n) is 4.28. The van der Waals surface area contributed by atoms with Crippen molar-refractivity contribution in [1.29, 1.82) is 0 Å². The van der Waals surface area contributed by atoms with Crippen molar-refractivity contribution in [3.8, 4) is 0 Å². The highest BCUT2D eigenvalue weighted by Gasteiger charge is 2.13. The van der Waals surface area contributed by atoms with Crippen molar-refractivity contribution in [3.63, 3.8) is 0 Å². The minimum atomic E-state index is -0.590. The number of methoxy groups -OCH3 is 1. The first-order valence-corrected chi connectivity index (χ1v) is 7.18. The Morgan fingerprint density at radius 1 is 1.40 bits per heavy atom. The molecule has 1 rings (SSSR count). The molecule has 0 amide bonds. The van der Waals surface area contributed by atoms with E-state index in [2.05, 4.69) is 19.7 Å². The fraction of sp³-hybridized carbons (Fsp3) is 0.636. The third-order valence-electron chi connectivity index (χ3n) is 2.40. The number of thioether (sulfide) groups is 1. The van der Waals surface area contributed by atoms with Gasteiger partial charge in [-0.2, -0.15) is 26.7 Å². The summed E-state index contributed by atoms with van der Waals surface area (Å²) >= 11 is 1.58. The first-order valence-electron chi connectivity index (χ1n) is 6.03. The normalized spacial score (nSPS) is 12.0. The third-order valence-corrected chi connectivity index (χ3v) is 3.38. The van der Waals surface area contributed by atoms with E-state index >= 15 is 0 Å². The van der Waals surface area contributed by atoms with Crippen LogP contribution in [0.2, 0.25) is 0 Å². The number of hydrogen-bond acceptors (Lipinski definition) is 9. The fourth-order valence-corrected chi connectivity index (χ4v) is 2.21. The summed E-state index contributed by atoms with van der Waals surface area (Å²) in [4.78, 5) is 25.3. The Morgan fingerprint density at radius 2 is 2.10 bits per heavy atom. The predicted octanol–water partition coefficient (Wildman–Crippen LogP) is -0.357. The molecule has 112 valence electrons. The fourth-order valence-electron chi connectivity index (χ4n) is 1.33.